The Hall–Kier alpha value is -6.62. The van der Waals surface area contributed by atoms with Gasteiger partial charge in [-0.2, -0.15) is 0 Å². The molecule has 1 spiro atoms. The van der Waals surface area contributed by atoms with Crippen molar-refractivity contribution in [1.82, 2.24) is 0 Å². The van der Waals surface area contributed by atoms with Gasteiger partial charge in [0.15, 0.2) is 0 Å². The maximum Gasteiger partial charge on any atom is 0.0723 e. The fraction of sp³-hybridized carbons (Fsp3) is 0.0943. The Kier molecular flexibility index (Phi) is 7.10. The Labute approximate surface area is 318 Å². The Morgan fingerprint density at radius 3 is 1.69 bits per heavy atom. The highest BCUT2D eigenvalue weighted by Gasteiger charge is 2.51. The molecule has 0 saturated heterocycles. The molecule has 0 aromatic heterocycles. The van der Waals surface area contributed by atoms with Gasteiger partial charge in [-0.25, -0.2) is 0 Å². The summed E-state index contributed by atoms with van der Waals surface area (Å²) in [5, 5.41) is 0. The van der Waals surface area contributed by atoms with Crippen LogP contribution in [0.2, 0.25) is 0 Å². The van der Waals surface area contributed by atoms with Gasteiger partial charge in [-0.15, -0.1) is 6.42 Å². The number of rotatable bonds is 5. The van der Waals surface area contributed by atoms with Gasteiger partial charge in [0, 0.05) is 22.4 Å². The third-order valence-corrected chi connectivity index (χ3v) is 12.2. The van der Waals surface area contributed by atoms with E-state index in [4.69, 9.17) is 6.42 Å². The minimum Gasteiger partial charge on any atom is -0.310 e. The molecule has 3 aliphatic carbocycles. The van der Waals surface area contributed by atoms with E-state index in [1.165, 1.54) is 77.9 Å². The number of anilines is 3. The van der Waals surface area contributed by atoms with E-state index in [1.54, 1.807) is 0 Å². The lowest BCUT2D eigenvalue weighted by Gasteiger charge is -2.34. The van der Waals surface area contributed by atoms with Gasteiger partial charge in [-0.05, 0) is 122 Å². The lowest BCUT2D eigenvalue weighted by molar-refractivity contribution is 0.660. The second-order valence-corrected chi connectivity index (χ2v) is 15.2. The summed E-state index contributed by atoms with van der Waals surface area (Å²) in [5.41, 5.74) is 20.6. The van der Waals surface area contributed by atoms with E-state index < -0.39 is 5.41 Å². The number of nitrogens with zero attached hydrogens (tertiary/aromatic N) is 1. The van der Waals surface area contributed by atoms with Crippen LogP contribution in [0, 0.1) is 12.3 Å². The minimum absolute atomic E-state index is 0.135. The van der Waals surface area contributed by atoms with E-state index in [9.17, 15) is 0 Å². The van der Waals surface area contributed by atoms with Crippen LogP contribution in [-0.2, 0) is 10.8 Å². The van der Waals surface area contributed by atoms with Crippen LogP contribution in [0.4, 0.5) is 17.1 Å². The summed E-state index contributed by atoms with van der Waals surface area (Å²) in [6.07, 6.45) is 9.95. The van der Waals surface area contributed by atoms with Gasteiger partial charge < -0.3 is 4.90 Å². The highest BCUT2D eigenvalue weighted by molar-refractivity contribution is 5.97. The predicted molar refractivity (Wildman–Crippen MR) is 226 cm³/mol. The SMILES string of the molecule is C#C/C=C\C1=C(C)c2ccccc2C12c1ccccc1-c1ccc(N(c3ccc4c(c3)C(C)(C)c3ccccc3-4)c3ccccc3-c3ccccc3)cc12. The molecule has 0 bridgehead atoms. The number of para-hydroxylation sites is 1. The highest BCUT2D eigenvalue weighted by Crippen LogP contribution is 2.63. The zero-order valence-electron chi connectivity index (χ0n) is 30.8. The van der Waals surface area contributed by atoms with Crippen molar-refractivity contribution in [2.45, 2.75) is 31.6 Å². The lowest BCUT2D eigenvalue weighted by Crippen LogP contribution is -2.27. The lowest BCUT2D eigenvalue weighted by atomic mass is 9.69. The number of hydrogen-bond donors (Lipinski definition) is 0. The van der Waals surface area contributed by atoms with Gasteiger partial charge in [0.1, 0.15) is 0 Å². The topological polar surface area (TPSA) is 3.24 Å². The van der Waals surface area contributed by atoms with E-state index in [1.807, 2.05) is 6.08 Å². The minimum atomic E-state index is -0.512. The quantitative estimate of drug-likeness (QED) is 0.163. The zero-order chi connectivity index (χ0) is 36.6. The Bertz CT molecular complexity index is 2770. The van der Waals surface area contributed by atoms with E-state index >= 15 is 0 Å². The largest absolute Gasteiger partial charge is 0.310 e. The van der Waals surface area contributed by atoms with Crippen molar-refractivity contribution >= 4 is 22.6 Å². The standard InChI is InChI=1S/C53H39N/c1-5-6-24-45-35(2)39-20-10-15-26-47(39)53(45)48-27-16-12-23-42(48)44-32-30-38(34-50(44)53)54(51-28-17-13-21-40(51)36-18-8-7-9-19-36)37-29-31-43-41-22-11-14-25-46(41)52(3,4)49(43)33-37/h1,6-34H,2-4H3/b24-6-. The average molecular weight is 690 g/mol. The third-order valence-electron chi connectivity index (χ3n) is 12.2. The molecule has 0 radical (unpaired) electrons. The highest BCUT2D eigenvalue weighted by atomic mass is 15.1. The molecule has 3 aliphatic rings. The van der Waals surface area contributed by atoms with Gasteiger partial charge in [-0.1, -0.05) is 153 Å². The molecule has 256 valence electrons. The number of fused-ring (bicyclic) bond motifs is 10. The molecule has 0 N–H and O–H groups in total. The Morgan fingerprint density at radius 1 is 0.500 bits per heavy atom. The summed E-state index contributed by atoms with van der Waals surface area (Å²) < 4.78 is 0. The second-order valence-electron chi connectivity index (χ2n) is 15.2. The zero-order valence-corrected chi connectivity index (χ0v) is 30.8. The molecule has 7 aromatic carbocycles. The monoisotopic (exact) mass is 689 g/mol. The predicted octanol–water partition coefficient (Wildman–Crippen LogP) is 13.4. The van der Waals surface area contributed by atoms with Gasteiger partial charge in [-0.3, -0.25) is 0 Å². The van der Waals surface area contributed by atoms with Crippen LogP contribution < -0.4 is 4.90 Å². The summed E-state index contributed by atoms with van der Waals surface area (Å²) in [5.74, 6) is 2.80. The molecular formula is C53H39N. The van der Waals surface area contributed by atoms with Crippen molar-refractivity contribution < 1.29 is 0 Å². The summed E-state index contributed by atoms with van der Waals surface area (Å²) >= 11 is 0. The normalized spacial score (nSPS) is 16.9. The Morgan fingerprint density at radius 2 is 1.00 bits per heavy atom. The van der Waals surface area contributed by atoms with Crippen molar-refractivity contribution in [1.29, 1.82) is 0 Å². The number of allylic oxidation sites excluding steroid dienone is 4. The molecule has 7 aromatic rings. The Balaban J connectivity index is 1.26. The fourth-order valence-corrected chi connectivity index (χ4v) is 9.87. The van der Waals surface area contributed by atoms with Crippen LogP contribution in [0.3, 0.4) is 0 Å². The van der Waals surface area contributed by atoms with Crippen LogP contribution >= 0.6 is 0 Å². The first-order valence-electron chi connectivity index (χ1n) is 18.8. The molecule has 10 rings (SSSR count). The maximum atomic E-state index is 5.91. The molecule has 1 atom stereocenters. The second kappa shape index (κ2) is 12.0. The summed E-state index contributed by atoms with van der Waals surface area (Å²) in [7, 11) is 0. The first-order chi connectivity index (χ1) is 26.4. The van der Waals surface area contributed by atoms with Crippen molar-refractivity contribution in [3.63, 3.8) is 0 Å². The maximum absolute atomic E-state index is 5.91. The smallest absolute Gasteiger partial charge is 0.0723 e. The van der Waals surface area contributed by atoms with Gasteiger partial charge in [0.05, 0.1) is 11.1 Å². The van der Waals surface area contributed by atoms with Gasteiger partial charge in [0.2, 0.25) is 0 Å². The summed E-state index contributed by atoms with van der Waals surface area (Å²) in [6.45, 7) is 6.97. The van der Waals surface area contributed by atoms with Crippen LogP contribution in [0.1, 0.15) is 54.2 Å². The molecule has 0 heterocycles. The number of terminal acetylenes is 1. The summed E-state index contributed by atoms with van der Waals surface area (Å²) in [4.78, 5) is 2.48. The first kappa shape index (κ1) is 32.1. The van der Waals surface area contributed by atoms with Crippen LogP contribution in [0.25, 0.3) is 39.0 Å². The van der Waals surface area contributed by atoms with E-state index in [2.05, 4.69) is 201 Å². The van der Waals surface area contributed by atoms with Crippen molar-refractivity contribution in [2.24, 2.45) is 0 Å². The third kappa shape index (κ3) is 4.35. The summed E-state index contributed by atoms with van der Waals surface area (Å²) in [6, 6.07) is 60.5. The van der Waals surface area contributed by atoms with Crippen LogP contribution in [0.5, 0.6) is 0 Å². The molecule has 1 heteroatoms. The van der Waals surface area contributed by atoms with Crippen molar-refractivity contribution in [2.75, 3.05) is 4.90 Å². The van der Waals surface area contributed by atoms with Gasteiger partial charge in [0.25, 0.3) is 0 Å². The van der Waals surface area contributed by atoms with E-state index in [-0.39, 0.29) is 5.41 Å². The fourth-order valence-electron chi connectivity index (χ4n) is 9.87. The van der Waals surface area contributed by atoms with Crippen molar-refractivity contribution in [3.05, 3.63) is 215 Å². The molecule has 0 aliphatic heterocycles. The molecule has 0 amide bonds. The van der Waals surface area contributed by atoms with Gasteiger partial charge >= 0.3 is 0 Å². The first-order valence-corrected chi connectivity index (χ1v) is 18.8. The number of benzene rings is 7. The molecular weight excluding hydrogens is 651 g/mol. The average Bonchev–Trinajstić information content (AvgIpc) is 3.74. The molecule has 1 nitrogen and oxygen atoms in total. The molecule has 54 heavy (non-hydrogen) atoms. The van der Waals surface area contributed by atoms with Crippen molar-refractivity contribution in [3.8, 4) is 45.7 Å². The van der Waals surface area contributed by atoms with Crippen LogP contribution in [-0.4, -0.2) is 0 Å². The molecule has 1 unspecified atom stereocenters. The van der Waals surface area contributed by atoms with Crippen LogP contribution in [0.15, 0.2) is 182 Å². The molecule has 0 saturated carbocycles. The number of hydrogen-bond acceptors (Lipinski definition) is 1. The van der Waals surface area contributed by atoms with E-state index in [0.29, 0.717) is 0 Å². The van der Waals surface area contributed by atoms with E-state index in [0.717, 1.165) is 17.1 Å². The molecule has 0 fully saturated rings.